The Hall–Kier alpha value is -1.65. The molecule has 2 atom stereocenters. The summed E-state index contributed by atoms with van der Waals surface area (Å²) in [4.78, 5) is 17.0. The second-order valence-electron chi connectivity index (χ2n) is 6.30. The van der Waals surface area contributed by atoms with Crippen LogP contribution < -0.4 is 5.73 Å². The normalized spacial score (nSPS) is 23.8. The molecule has 1 aromatic carbocycles. The molecule has 4 heteroatoms. The summed E-state index contributed by atoms with van der Waals surface area (Å²) < 4.78 is 0. The molecule has 0 unspecified atom stereocenters. The number of carbonyl (C=O) groups is 1. The van der Waals surface area contributed by atoms with Crippen LogP contribution in [0.5, 0.6) is 0 Å². The average Bonchev–Trinajstić information content (AvgIpc) is 3.21. The Balaban J connectivity index is 1.52. The SMILES string of the molecule is N[C@@H]1CN(C(=O)c2cc3c(s2)CCC3)C[C@H]1c1ccccc1. The molecule has 2 heterocycles. The lowest BCUT2D eigenvalue weighted by Crippen LogP contribution is -2.31. The molecule has 1 fully saturated rings. The highest BCUT2D eigenvalue weighted by Gasteiger charge is 2.35. The molecular weight excluding hydrogens is 292 g/mol. The third kappa shape index (κ3) is 2.36. The summed E-state index contributed by atoms with van der Waals surface area (Å²) >= 11 is 1.68. The van der Waals surface area contributed by atoms with E-state index in [0.717, 1.165) is 24.3 Å². The molecule has 0 radical (unpaired) electrons. The lowest BCUT2D eigenvalue weighted by Gasteiger charge is -2.15. The molecule has 2 aliphatic rings. The maximum absolute atomic E-state index is 12.8. The van der Waals surface area contributed by atoms with Crippen LogP contribution in [0.4, 0.5) is 0 Å². The van der Waals surface area contributed by atoms with E-state index in [1.807, 2.05) is 23.1 Å². The number of fused-ring (bicyclic) bond motifs is 1. The van der Waals surface area contributed by atoms with Crippen LogP contribution in [0.3, 0.4) is 0 Å². The van der Waals surface area contributed by atoms with Crippen LogP contribution in [-0.2, 0) is 12.8 Å². The van der Waals surface area contributed by atoms with Gasteiger partial charge in [-0.3, -0.25) is 4.79 Å². The lowest BCUT2D eigenvalue weighted by atomic mass is 9.95. The van der Waals surface area contributed by atoms with Crippen molar-refractivity contribution < 1.29 is 4.79 Å². The van der Waals surface area contributed by atoms with Crippen LogP contribution >= 0.6 is 11.3 Å². The summed E-state index contributed by atoms with van der Waals surface area (Å²) in [5, 5.41) is 0. The average molecular weight is 312 g/mol. The second-order valence-corrected chi connectivity index (χ2v) is 7.44. The quantitative estimate of drug-likeness (QED) is 0.927. The Morgan fingerprint density at radius 1 is 1.18 bits per heavy atom. The van der Waals surface area contributed by atoms with Crippen molar-refractivity contribution in [2.24, 2.45) is 5.73 Å². The summed E-state index contributed by atoms with van der Waals surface area (Å²) in [7, 11) is 0. The first-order chi connectivity index (χ1) is 10.7. The van der Waals surface area contributed by atoms with E-state index in [1.165, 1.54) is 22.4 Å². The van der Waals surface area contributed by atoms with Gasteiger partial charge in [0.05, 0.1) is 4.88 Å². The Morgan fingerprint density at radius 2 is 2.00 bits per heavy atom. The minimum atomic E-state index is 0.0261. The number of rotatable bonds is 2. The highest BCUT2D eigenvalue weighted by atomic mass is 32.1. The van der Waals surface area contributed by atoms with Gasteiger partial charge in [-0.2, -0.15) is 0 Å². The lowest BCUT2D eigenvalue weighted by molar-refractivity contribution is 0.0794. The molecule has 22 heavy (non-hydrogen) atoms. The summed E-state index contributed by atoms with van der Waals surface area (Å²) in [6, 6.07) is 12.4. The fourth-order valence-corrected chi connectivity index (χ4v) is 4.86. The van der Waals surface area contributed by atoms with Crippen molar-refractivity contribution in [1.82, 2.24) is 4.90 Å². The Kier molecular flexibility index (Phi) is 3.51. The van der Waals surface area contributed by atoms with E-state index < -0.39 is 0 Å². The molecule has 0 saturated carbocycles. The topological polar surface area (TPSA) is 46.3 Å². The predicted octanol–water partition coefficient (Wildman–Crippen LogP) is 2.80. The Labute approximate surface area is 134 Å². The van der Waals surface area contributed by atoms with Gasteiger partial charge in [0.1, 0.15) is 0 Å². The predicted molar refractivity (Wildman–Crippen MR) is 89.4 cm³/mol. The van der Waals surface area contributed by atoms with Crippen LogP contribution in [0.25, 0.3) is 0 Å². The van der Waals surface area contributed by atoms with Gasteiger partial charge in [-0.1, -0.05) is 30.3 Å². The van der Waals surface area contributed by atoms with E-state index in [1.54, 1.807) is 11.3 Å². The summed E-state index contributed by atoms with van der Waals surface area (Å²) in [5.41, 5.74) is 8.92. The summed E-state index contributed by atoms with van der Waals surface area (Å²) in [6.07, 6.45) is 3.50. The van der Waals surface area contributed by atoms with Gasteiger partial charge < -0.3 is 10.6 Å². The number of nitrogens with two attached hydrogens (primary N) is 1. The summed E-state index contributed by atoms with van der Waals surface area (Å²) in [6.45, 7) is 1.38. The number of benzene rings is 1. The third-order valence-electron chi connectivity index (χ3n) is 4.84. The zero-order valence-corrected chi connectivity index (χ0v) is 13.3. The first-order valence-electron chi connectivity index (χ1n) is 7.94. The van der Waals surface area contributed by atoms with Crippen LogP contribution in [-0.4, -0.2) is 29.9 Å². The molecule has 1 aliphatic carbocycles. The molecule has 1 aromatic heterocycles. The van der Waals surface area contributed by atoms with Gasteiger partial charge in [0.2, 0.25) is 0 Å². The molecule has 0 bridgehead atoms. The Morgan fingerprint density at radius 3 is 2.77 bits per heavy atom. The van der Waals surface area contributed by atoms with Gasteiger partial charge in [0.15, 0.2) is 0 Å². The van der Waals surface area contributed by atoms with Crippen LogP contribution in [0.2, 0.25) is 0 Å². The van der Waals surface area contributed by atoms with E-state index in [9.17, 15) is 4.79 Å². The van der Waals surface area contributed by atoms with Gasteiger partial charge in [-0.05, 0) is 36.5 Å². The van der Waals surface area contributed by atoms with Crippen LogP contribution in [0, 0.1) is 0 Å². The number of thiophene rings is 1. The van der Waals surface area contributed by atoms with Gasteiger partial charge >= 0.3 is 0 Å². The number of carbonyl (C=O) groups excluding carboxylic acids is 1. The zero-order chi connectivity index (χ0) is 15.1. The fraction of sp³-hybridized carbons (Fsp3) is 0.389. The minimum Gasteiger partial charge on any atom is -0.336 e. The first-order valence-corrected chi connectivity index (χ1v) is 8.75. The zero-order valence-electron chi connectivity index (χ0n) is 12.5. The molecule has 2 aromatic rings. The van der Waals surface area contributed by atoms with Gasteiger partial charge in [-0.25, -0.2) is 0 Å². The van der Waals surface area contributed by atoms with Crippen molar-refractivity contribution in [1.29, 1.82) is 0 Å². The molecule has 4 rings (SSSR count). The Bertz CT molecular complexity index is 673. The largest absolute Gasteiger partial charge is 0.336 e. The molecule has 1 saturated heterocycles. The van der Waals surface area contributed by atoms with Crippen LogP contribution in [0.15, 0.2) is 36.4 Å². The van der Waals surface area contributed by atoms with E-state index in [-0.39, 0.29) is 17.9 Å². The van der Waals surface area contributed by atoms with Gasteiger partial charge in [0, 0.05) is 29.9 Å². The smallest absolute Gasteiger partial charge is 0.264 e. The van der Waals surface area contributed by atoms with Crippen LogP contribution in [0.1, 0.15) is 38.0 Å². The first kappa shape index (κ1) is 14.0. The maximum atomic E-state index is 12.8. The molecule has 2 N–H and O–H groups in total. The molecule has 114 valence electrons. The molecule has 3 nitrogen and oxygen atoms in total. The highest BCUT2D eigenvalue weighted by molar-refractivity contribution is 7.14. The number of aryl methyl sites for hydroxylation is 2. The number of hydrogen-bond donors (Lipinski definition) is 1. The summed E-state index contributed by atoms with van der Waals surface area (Å²) in [5.74, 6) is 0.408. The second kappa shape index (κ2) is 5.52. The number of nitrogens with zero attached hydrogens (tertiary/aromatic N) is 1. The molecule has 1 amide bonds. The number of amides is 1. The fourth-order valence-electron chi connectivity index (χ4n) is 3.64. The molecular formula is C18H20N2OS. The van der Waals surface area contributed by atoms with Gasteiger partial charge in [0.25, 0.3) is 5.91 Å². The monoisotopic (exact) mass is 312 g/mol. The van der Waals surface area contributed by atoms with Crippen molar-refractivity contribution in [2.45, 2.75) is 31.2 Å². The number of likely N-dealkylation sites (tertiary alicyclic amines) is 1. The van der Waals surface area contributed by atoms with Crippen molar-refractivity contribution in [3.05, 3.63) is 57.3 Å². The highest BCUT2D eigenvalue weighted by Crippen LogP contribution is 2.33. The van der Waals surface area contributed by atoms with E-state index in [4.69, 9.17) is 5.73 Å². The van der Waals surface area contributed by atoms with Crippen molar-refractivity contribution >= 4 is 17.2 Å². The van der Waals surface area contributed by atoms with Crippen molar-refractivity contribution in [2.75, 3.05) is 13.1 Å². The molecule has 1 aliphatic heterocycles. The van der Waals surface area contributed by atoms with E-state index >= 15 is 0 Å². The molecule has 0 spiro atoms. The standard InChI is InChI=1S/C18H20N2OS/c19-15-11-20(10-14(15)12-5-2-1-3-6-12)18(21)17-9-13-7-4-8-16(13)22-17/h1-3,5-6,9,14-15H,4,7-8,10-11,19H2/t14-,15+/m0/s1. The van der Waals surface area contributed by atoms with Crippen molar-refractivity contribution in [3.8, 4) is 0 Å². The van der Waals surface area contributed by atoms with Gasteiger partial charge in [-0.15, -0.1) is 11.3 Å². The maximum Gasteiger partial charge on any atom is 0.264 e. The van der Waals surface area contributed by atoms with Crippen molar-refractivity contribution in [3.63, 3.8) is 0 Å². The minimum absolute atomic E-state index is 0.0261. The van der Waals surface area contributed by atoms with E-state index in [0.29, 0.717) is 6.54 Å². The third-order valence-corrected chi connectivity index (χ3v) is 6.06. The number of hydrogen-bond acceptors (Lipinski definition) is 3. The van der Waals surface area contributed by atoms with E-state index in [2.05, 4.69) is 18.2 Å².